The van der Waals surface area contributed by atoms with E-state index in [1.165, 1.54) is 12.0 Å². The normalized spacial score (nSPS) is 10.8. The van der Waals surface area contributed by atoms with Gasteiger partial charge in [-0.2, -0.15) is 0 Å². The Morgan fingerprint density at radius 2 is 1.71 bits per heavy atom. The van der Waals surface area contributed by atoms with E-state index in [0.29, 0.717) is 5.96 Å². The standard InChI is InChI=1S/C19H25N3O.HI/c1-23-18-13-11-17(12-14-18)22-19(20)21-15-7-3-6-10-16-8-4-2-5-9-16;/h2,4-5,8-9,11-14H,3,6-7,10,15H2,1H3,(H3,20,21,22);1H. The number of methoxy groups -OCH3 is 1. The molecule has 0 saturated heterocycles. The second kappa shape index (κ2) is 11.7. The highest BCUT2D eigenvalue weighted by atomic mass is 127. The number of nitrogens with one attached hydrogen (secondary N) is 1. The maximum atomic E-state index is 5.89. The minimum Gasteiger partial charge on any atom is -0.497 e. The second-order valence-corrected chi connectivity index (χ2v) is 5.42. The van der Waals surface area contributed by atoms with Crippen molar-refractivity contribution in [2.24, 2.45) is 10.7 Å². The molecule has 0 unspecified atom stereocenters. The number of hydrogen-bond donors (Lipinski definition) is 2. The van der Waals surface area contributed by atoms with Gasteiger partial charge in [-0.3, -0.25) is 4.99 Å². The van der Waals surface area contributed by atoms with Gasteiger partial charge in [-0.15, -0.1) is 24.0 Å². The van der Waals surface area contributed by atoms with Gasteiger partial charge in [-0.25, -0.2) is 0 Å². The molecule has 4 nitrogen and oxygen atoms in total. The van der Waals surface area contributed by atoms with Crippen molar-refractivity contribution in [2.45, 2.75) is 25.7 Å². The van der Waals surface area contributed by atoms with Gasteiger partial charge in [0.05, 0.1) is 7.11 Å². The maximum absolute atomic E-state index is 5.89. The summed E-state index contributed by atoms with van der Waals surface area (Å²) >= 11 is 0. The number of aliphatic imine (C=N–C) groups is 1. The summed E-state index contributed by atoms with van der Waals surface area (Å²) in [5.74, 6) is 1.28. The fourth-order valence-electron chi connectivity index (χ4n) is 2.32. The van der Waals surface area contributed by atoms with Crippen LogP contribution in [0.1, 0.15) is 24.8 Å². The number of anilines is 1. The van der Waals surface area contributed by atoms with Crippen molar-refractivity contribution in [1.82, 2.24) is 0 Å². The summed E-state index contributed by atoms with van der Waals surface area (Å²) < 4.78 is 5.12. The van der Waals surface area contributed by atoms with Crippen molar-refractivity contribution >= 4 is 35.6 Å². The largest absolute Gasteiger partial charge is 0.497 e. The SMILES string of the molecule is COc1ccc(NC(N)=NCCCCCc2ccccc2)cc1.I. The summed E-state index contributed by atoms with van der Waals surface area (Å²) in [6.45, 7) is 0.754. The summed E-state index contributed by atoms with van der Waals surface area (Å²) in [5.41, 5.74) is 8.20. The molecule has 0 spiro atoms. The van der Waals surface area contributed by atoms with E-state index in [-0.39, 0.29) is 24.0 Å². The number of aryl methyl sites for hydroxylation is 1. The molecule has 0 bridgehead atoms. The lowest BCUT2D eigenvalue weighted by molar-refractivity contribution is 0.415. The van der Waals surface area contributed by atoms with E-state index in [1.54, 1.807) is 7.11 Å². The Bertz CT molecular complexity index is 600. The van der Waals surface area contributed by atoms with Gasteiger partial charge in [0.1, 0.15) is 5.75 Å². The molecule has 0 radical (unpaired) electrons. The minimum atomic E-state index is 0. The van der Waals surface area contributed by atoms with Gasteiger partial charge >= 0.3 is 0 Å². The Kier molecular flexibility index (Phi) is 9.91. The number of ether oxygens (including phenoxy) is 1. The van der Waals surface area contributed by atoms with E-state index >= 15 is 0 Å². The smallest absolute Gasteiger partial charge is 0.193 e. The molecular weight excluding hydrogens is 413 g/mol. The van der Waals surface area contributed by atoms with Gasteiger partial charge in [0.25, 0.3) is 0 Å². The van der Waals surface area contributed by atoms with Crippen LogP contribution >= 0.6 is 24.0 Å². The van der Waals surface area contributed by atoms with Gasteiger partial charge in [0.2, 0.25) is 0 Å². The molecule has 5 heteroatoms. The number of unbranched alkanes of at least 4 members (excludes halogenated alkanes) is 2. The molecule has 24 heavy (non-hydrogen) atoms. The molecule has 0 atom stereocenters. The number of nitrogens with zero attached hydrogens (tertiary/aromatic N) is 1. The van der Waals surface area contributed by atoms with Crippen LogP contribution < -0.4 is 15.8 Å². The third-order valence-electron chi connectivity index (χ3n) is 3.61. The lowest BCUT2D eigenvalue weighted by atomic mass is 10.1. The number of nitrogens with two attached hydrogens (primary N) is 1. The molecule has 2 rings (SSSR count). The number of benzene rings is 2. The highest BCUT2D eigenvalue weighted by Gasteiger charge is 1.96. The number of halogens is 1. The first-order valence-electron chi connectivity index (χ1n) is 8.03. The van der Waals surface area contributed by atoms with Gasteiger partial charge in [-0.1, -0.05) is 36.8 Å². The molecule has 3 N–H and O–H groups in total. The zero-order valence-electron chi connectivity index (χ0n) is 14.1. The second-order valence-electron chi connectivity index (χ2n) is 5.42. The molecule has 0 fully saturated rings. The summed E-state index contributed by atoms with van der Waals surface area (Å²) in [5, 5.41) is 3.08. The number of hydrogen-bond acceptors (Lipinski definition) is 2. The van der Waals surface area contributed by atoms with Crippen LogP contribution in [0.4, 0.5) is 5.69 Å². The molecule has 0 aliphatic heterocycles. The van der Waals surface area contributed by atoms with Crippen LogP contribution in [0.3, 0.4) is 0 Å². The van der Waals surface area contributed by atoms with E-state index in [9.17, 15) is 0 Å². The highest BCUT2D eigenvalue weighted by molar-refractivity contribution is 14.0. The van der Waals surface area contributed by atoms with Crippen LogP contribution in [0.5, 0.6) is 5.75 Å². The highest BCUT2D eigenvalue weighted by Crippen LogP contribution is 2.14. The molecule has 0 heterocycles. The predicted molar refractivity (Wildman–Crippen MR) is 113 cm³/mol. The molecule has 0 saturated carbocycles. The van der Waals surface area contributed by atoms with Crippen LogP contribution in [0.25, 0.3) is 0 Å². The summed E-state index contributed by atoms with van der Waals surface area (Å²) in [6, 6.07) is 18.2. The van der Waals surface area contributed by atoms with Gasteiger partial charge in [0.15, 0.2) is 5.96 Å². The molecule has 2 aromatic carbocycles. The predicted octanol–water partition coefficient (Wildman–Crippen LogP) is 4.45. The molecule has 0 aliphatic carbocycles. The van der Waals surface area contributed by atoms with Crippen molar-refractivity contribution in [3.8, 4) is 5.75 Å². The van der Waals surface area contributed by atoms with E-state index in [4.69, 9.17) is 10.5 Å². The maximum Gasteiger partial charge on any atom is 0.193 e. The van der Waals surface area contributed by atoms with Crippen molar-refractivity contribution in [3.63, 3.8) is 0 Å². The van der Waals surface area contributed by atoms with Crippen molar-refractivity contribution in [2.75, 3.05) is 19.0 Å². The molecule has 0 aromatic heterocycles. The van der Waals surface area contributed by atoms with Crippen LogP contribution in [-0.4, -0.2) is 19.6 Å². The fraction of sp³-hybridized carbons (Fsp3) is 0.316. The Labute approximate surface area is 161 Å². The summed E-state index contributed by atoms with van der Waals surface area (Å²) in [6.07, 6.45) is 4.53. The molecule has 0 amide bonds. The lowest BCUT2D eigenvalue weighted by Crippen LogP contribution is -2.22. The number of guanidine groups is 1. The number of rotatable bonds is 8. The van der Waals surface area contributed by atoms with Crippen molar-refractivity contribution in [1.29, 1.82) is 0 Å². The van der Waals surface area contributed by atoms with Crippen LogP contribution in [-0.2, 0) is 6.42 Å². The van der Waals surface area contributed by atoms with Crippen LogP contribution in [0.15, 0.2) is 59.6 Å². The first-order valence-corrected chi connectivity index (χ1v) is 8.03. The average Bonchev–Trinajstić information content (AvgIpc) is 2.59. The van der Waals surface area contributed by atoms with Gasteiger partial charge in [0, 0.05) is 12.2 Å². The zero-order valence-corrected chi connectivity index (χ0v) is 16.4. The topological polar surface area (TPSA) is 59.6 Å². The Morgan fingerprint density at radius 3 is 2.38 bits per heavy atom. The minimum absolute atomic E-state index is 0. The first-order chi connectivity index (χ1) is 11.3. The third kappa shape index (κ3) is 7.68. The average molecular weight is 439 g/mol. The fourth-order valence-corrected chi connectivity index (χ4v) is 2.32. The summed E-state index contributed by atoms with van der Waals surface area (Å²) in [7, 11) is 1.65. The molecule has 130 valence electrons. The first kappa shape index (κ1) is 20.3. The Balaban J connectivity index is 0.00000288. The zero-order chi connectivity index (χ0) is 16.3. The van der Waals surface area contributed by atoms with E-state index in [2.05, 4.69) is 40.6 Å². The van der Waals surface area contributed by atoms with E-state index in [0.717, 1.165) is 37.2 Å². The quantitative estimate of drug-likeness (QED) is 0.277. The lowest BCUT2D eigenvalue weighted by Gasteiger charge is -2.06. The van der Waals surface area contributed by atoms with Gasteiger partial charge < -0.3 is 15.8 Å². The van der Waals surface area contributed by atoms with Crippen molar-refractivity contribution < 1.29 is 4.74 Å². The Morgan fingerprint density at radius 1 is 1.00 bits per heavy atom. The molecule has 2 aromatic rings. The van der Waals surface area contributed by atoms with E-state index in [1.807, 2.05) is 24.3 Å². The molecule has 0 aliphatic rings. The monoisotopic (exact) mass is 439 g/mol. The van der Waals surface area contributed by atoms with Crippen LogP contribution in [0, 0.1) is 0 Å². The molecular formula is C19H26IN3O. The van der Waals surface area contributed by atoms with E-state index < -0.39 is 0 Å². The van der Waals surface area contributed by atoms with Crippen LogP contribution in [0.2, 0.25) is 0 Å². The Hall–Kier alpha value is -1.76. The summed E-state index contributed by atoms with van der Waals surface area (Å²) in [4.78, 5) is 4.36. The van der Waals surface area contributed by atoms with Crippen molar-refractivity contribution in [3.05, 3.63) is 60.2 Å². The third-order valence-corrected chi connectivity index (χ3v) is 3.61. The van der Waals surface area contributed by atoms with Gasteiger partial charge in [-0.05, 0) is 49.1 Å².